The largest absolute Gasteiger partial charge is 0.120 e. The Hall–Kier alpha value is -0.440. The van der Waals surface area contributed by atoms with Gasteiger partial charge < -0.3 is 0 Å². The quantitative estimate of drug-likeness (QED) is 0.504. The molecule has 1 fully saturated rings. The van der Waals surface area contributed by atoms with Crippen LogP contribution in [0.2, 0.25) is 0 Å². The summed E-state index contributed by atoms with van der Waals surface area (Å²) in [6.07, 6.45) is 10.7. The fraction of sp³-hybridized carbons (Fsp3) is 0.818. The lowest BCUT2D eigenvalue weighted by Gasteiger charge is -2.28. The van der Waals surface area contributed by atoms with Gasteiger partial charge in [-0.2, -0.15) is 0 Å². The van der Waals surface area contributed by atoms with E-state index in [0.29, 0.717) is 5.92 Å². The lowest BCUT2D eigenvalue weighted by Crippen LogP contribution is -2.18. The minimum Gasteiger partial charge on any atom is -0.120 e. The van der Waals surface area contributed by atoms with Crippen LogP contribution in [0.15, 0.2) is 0 Å². The van der Waals surface area contributed by atoms with Crippen LogP contribution in [0.25, 0.3) is 0 Å². The predicted octanol–water partition coefficient (Wildman–Crippen LogP) is 3.08. The first kappa shape index (κ1) is 8.65. The van der Waals surface area contributed by atoms with E-state index in [9.17, 15) is 0 Å². The second-order valence-corrected chi connectivity index (χ2v) is 4.03. The van der Waals surface area contributed by atoms with Crippen molar-refractivity contribution >= 4 is 0 Å². The van der Waals surface area contributed by atoms with Gasteiger partial charge in [0.15, 0.2) is 0 Å². The lowest BCUT2D eigenvalue weighted by atomic mass is 9.76. The van der Waals surface area contributed by atoms with Crippen LogP contribution in [0.5, 0.6) is 0 Å². The Morgan fingerprint density at radius 3 is 2.64 bits per heavy atom. The molecule has 62 valence electrons. The third kappa shape index (κ3) is 2.26. The van der Waals surface area contributed by atoms with E-state index in [1.54, 1.807) is 0 Å². The first-order valence-electron chi connectivity index (χ1n) is 4.70. The Labute approximate surface area is 70.4 Å². The van der Waals surface area contributed by atoms with Crippen molar-refractivity contribution < 1.29 is 0 Å². The van der Waals surface area contributed by atoms with Gasteiger partial charge in [0.1, 0.15) is 0 Å². The minimum absolute atomic E-state index is 0.580. The van der Waals surface area contributed by atoms with Crippen molar-refractivity contribution in [3.8, 4) is 12.3 Å². The smallest absolute Gasteiger partial charge is 0.0203 e. The zero-order valence-corrected chi connectivity index (χ0v) is 7.64. The van der Waals surface area contributed by atoms with Crippen molar-refractivity contribution in [3.63, 3.8) is 0 Å². The third-order valence-corrected chi connectivity index (χ3v) is 2.89. The molecule has 0 heterocycles. The van der Waals surface area contributed by atoms with Gasteiger partial charge >= 0.3 is 0 Å². The standard InChI is InChI=1S/C11H18/c1-4-10-6-5-7-11(8-10)9(2)3/h1,9-11H,5-8H2,2-3H3. The molecule has 2 unspecified atom stereocenters. The van der Waals surface area contributed by atoms with Crippen LogP contribution in [0.4, 0.5) is 0 Å². The number of rotatable bonds is 1. The molecule has 1 saturated carbocycles. The molecule has 1 aliphatic carbocycles. The van der Waals surface area contributed by atoms with Gasteiger partial charge in [0.25, 0.3) is 0 Å². The van der Waals surface area contributed by atoms with Gasteiger partial charge in [-0.3, -0.25) is 0 Å². The van der Waals surface area contributed by atoms with Crippen LogP contribution < -0.4 is 0 Å². The average Bonchev–Trinajstić information content (AvgIpc) is 2.05. The fourth-order valence-corrected chi connectivity index (χ4v) is 1.98. The van der Waals surface area contributed by atoms with Crippen molar-refractivity contribution in [2.45, 2.75) is 39.5 Å². The molecular formula is C11H18. The molecule has 2 atom stereocenters. The SMILES string of the molecule is C#CC1CCCC(C(C)C)C1. The predicted molar refractivity (Wildman–Crippen MR) is 49.1 cm³/mol. The van der Waals surface area contributed by atoms with Crippen LogP contribution in [0, 0.1) is 30.1 Å². The normalized spacial score (nSPS) is 31.8. The second-order valence-electron chi connectivity index (χ2n) is 4.03. The average molecular weight is 150 g/mol. The van der Waals surface area contributed by atoms with E-state index in [-0.39, 0.29) is 0 Å². The number of hydrogen-bond donors (Lipinski definition) is 0. The minimum atomic E-state index is 0.580. The van der Waals surface area contributed by atoms with Gasteiger partial charge in [-0.05, 0) is 24.7 Å². The maximum absolute atomic E-state index is 5.42. The zero-order chi connectivity index (χ0) is 8.27. The third-order valence-electron chi connectivity index (χ3n) is 2.89. The van der Waals surface area contributed by atoms with Crippen LogP contribution in [0.1, 0.15) is 39.5 Å². The van der Waals surface area contributed by atoms with E-state index >= 15 is 0 Å². The zero-order valence-electron chi connectivity index (χ0n) is 7.64. The van der Waals surface area contributed by atoms with Gasteiger partial charge in [0.05, 0.1) is 0 Å². The summed E-state index contributed by atoms with van der Waals surface area (Å²) in [6.45, 7) is 4.62. The molecule has 0 saturated heterocycles. The van der Waals surface area contributed by atoms with E-state index in [4.69, 9.17) is 6.42 Å². The van der Waals surface area contributed by atoms with Gasteiger partial charge in [-0.15, -0.1) is 12.3 Å². The molecule has 0 radical (unpaired) electrons. The van der Waals surface area contributed by atoms with Crippen molar-refractivity contribution in [1.29, 1.82) is 0 Å². The highest BCUT2D eigenvalue weighted by atomic mass is 14.3. The molecule has 0 aromatic carbocycles. The van der Waals surface area contributed by atoms with Crippen LogP contribution in [-0.4, -0.2) is 0 Å². The highest BCUT2D eigenvalue weighted by molar-refractivity contribution is 4.95. The summed E-state index contributed by atoms with van der Waals surface area (Å²) in [6, 6.07) is 0. The fourth-order valence-electron chi connectivity index (χ4n) is 1.98. The Balaban J connectivity index is 2.41. The van der Waals surface area contributed by atoms with Gasteiger partial charge in [-0.25, -0.2) is 0 Å². The van der Waals surface area contributed by atoms with E-state index in [2.05, 4.69) is 19.8 Å². The van der Waals surface area contributed by atoms with Crippen LogP contribution in [-0.2, 0) is 0 Å². The highest BCUT2D eigenvalue weighted by Crippen LogP contribution is 2.32. The van der Waals surface area contributed by atoms with E-state index in [0.717, 1.165) is 11.8 Å². The number of hydrogen-bond acceptors (Lipinski definition) is 0. The summed E-state index contributed by atoms with van der Waals surface area (Å²) in [5.74, 6) is 5.19. The monoisotopic (exact) mass is 150 g/mol. The summed E-state index contributed by atoms with van der Waals surface area (Å²) in [4.78, 5) is 0. The summed E-state index contributed by atoms with van der Waals surface area (Å²) in [7, 11) is 0. The molecule has 0 N–H and O–H groups in total. The summed E-state index contributed by atoms with van der Waals surface area (Å²) in [5.41, 5.74) is 0. The summed E-state index contributed by atoms with van der Waals surface area (Å²) >= 11 is 0. The Morgan fingerprint density at radius 1 is 1.36 bits per heavy atom. The molecule has 1 aliphatic rings. The van der Waals surface area contributed by atoms with Crippen molar-refractivity contribution in [1.82, 2.24) is 0 Å². The first-order chi connectivity index (χ1) is 5.24. The van der Waals surface area contributed by atoms with E-state index < -0.39 is 0 Å². The maximum Gasteiger partial charge on any atom is 0.0203 e. The summed E-state index contributed by atoms with van der Waals surface area (Å²) < 4.78 is 0. The molecule has 0 bridgehead atoms. The highest BCUT2D eigenvalue weighted by Gasteiger charge is 2.22. The summed E-state index contributed by atoms with van der Waals surface area (Å²) in [5, 5.41) is 0. The second kappa shape index (κ2) is 3.81. The van der Waals surface area contributed by atoms with Crippen LogP contribution >= 0.6 is 0 Å². The molecule has 11 heavy (non-hydrogen) atoms. The Bertz CT molecular complexity index is 150. The first-order valence-corrected chi connectivity index (χ1v) is 4.70. The topological polar surface area (TPSA) is 0 Å². The van der Waals surface area contributed by atoms with Crippen molar-refractivity contribution in [3.05, 3.63) is 0 Å². The molecule has 0 spiro atoms. The maximum atomic E-state index is 5.42. The molecule has 0 heteroatoms. The van der Waals surface area contributed by atoms with E-state index in [1.807, 2.05) is 0 Å². The molecule has 0 aromatic rings. The van der Waals surface area contributed by atoms with Gasteiger partial charge in [-0.1, -0.05) is 26.7 Å². The van der Waals surface area contributed by atoms with E-state index in [1.165, 1.54) is 25.7 Å². The molecular weight excluding hydrogens is 132 g/mol. The molecule has 0 aromatic heterocycles. The van der Waals surface area contributed by atoms with Crippen molar-refractivity contribution in [2.24, 2.45) is 17.8 Å². The van der Waals surface area contributed by atoms with Crippen LogP contribution in [0.3, 0.4) is 0 Å². The molecule has 0 amide bonds. The number of terminal acetylenes is 1. The molecule has 0 nitrogen and oxygen atoms in total. The Kier molecular flexibility index (Phi) is 3.00. The molecule has 1 rings (SSSR count). The van der Waals surface area contributed by atoms with Gasteiger partial charge in [0, 0.05) is 5.92 Å². The van der Waals surface area contributed by atoms with Gasteiger partial charge in [0.2, 0.25) is 0 Å². The van der Waals surface area contributed by atoms with Crippen molar-refractivity contribution in [2.75, 3.05) is 0 Å². The molecule has 0 aliphatic heterocycles. The Morgan fingerprint density at radius 2 is 2.09 bits per heavy atom. The lowest BCUT2D eigenvalue weighted by molar-refractivity contribution is 0.246.